The molecule has 0 radical (unpaired) electrons. The van der Waals surface area contributed by atoms with Gasteiger partial charge in [-0.25, -0.2) is 14.8 Å². The van der Waals surface area contributed by atoms with Crippen LogP contribution in [0.25, 0.3) is 10.3 Å². The number of nitrogens with one attached hydrogen (secondary N) is 1. The molecule has 1 N–H and O–H groups in total. The number of carbonyl (C=O) groups excluding carboxylic acids is 1. The molecule has 4 rings (SSSR count). The zero-order chi connectivity index (χ0) is 18.6. The molecule has 0 spiro atoms. The van der Waals surface area contributed by atoms with E-state index >= 15 is 0 Å². The van der Waals surface area contributed by atoms with Gasteiger partial charge < -0.3 is 9.64 Å². The standard InChI is InChI=1S/C17H19N7O2S/c1-26-14-13-15(20-11-19-14)27-16(21-13)22-17(25)24-8-6-23(7-9-24)10-12-4-2-3-5-18-12/h2-5,11H,6-10H2,1H3,(H,21,22,25). The van der Waals surface area contributed by atoms with Crippen LogP contribution in [0.3, 0.4) is 0 Å². The first kappa shape index (κ1) is 17.6. The second-order valence-corrected chi connectivity index (χ2v) is 7.05. The van der Waals surface area contributed by atoms with Crippen LogP contribution in [0.1, 0.15) is 5.69 Å². The molecule has 4 heterocycles. The number of thiazole rings is 1. The van der Waals surface area contributed by atoms with Gasteiger partial charge in [0.2, 0.25) is 5.88 Å². The molecule has 1 aliphatic heterocycles. The number of pyridine rings is 1. The number of nitrogens with zero attached hydrogens (tertiary/aromatic N) is 6. The third-order valence-corrected chi connectivity index (χ3v) is 5.22. The fourth-order valence-corrected chi connectivity index (χ4v) is 3.72. The molecular formula is C17H19N7O2S. The molecule has 0 unspecified atom stereocenters. The van der Waals surface area contributed by atoms with Gasteiger partial charge in [-0.15, -0.1) is 0 Å². The quantitative estimate of drug-likeness (QED) is 0.732. The van der Waals surface area contributed by atoms with Crippen molar-refractivity contribution in [3.63, 3.8) is 0 Å². The first-order chi connectivity index (χ1) is 13.2. The fraction of sp³-hybridized carbons (Fsp3) is 0.353. The summed E-state index contributed by atoms with van der Waals surface area (Å²) in [5, 5.41) is 3.35. The number of urea groups is 1. The number of hydrogen-bond acceptors (Lipinski definition) is 8. The summed E-state index contributed by atoms with van der Waals surface area (Å²) >= 11 is 1.30. The Morgan fingerprint density at radius 3 is 2.81 bits per heavy atom. The van der Waals surface area contributed by atoms with E-state index in [1.807, 2.05) is 18.2 Å². The maximum Gasteiger partial charge on any atom is 0.323 e. The summed E-state index contributed by atoms with van der Waals surface area (Å²) in [6, 6.07) is 5.76. The van der Waals surface area contributed by atoms with Crippen molar-refractivity contribution in [2.24, 2.45) is 0 Å². The number of aromatic nitrogens is 4. The van der Waals surface area contributed by atoms with Crippen molar-refractivity contribution in [2.45, 2.75) is 6.54 Å². The molecule has 0 aromatic carbocycles. The van der Waals surface area contributed by atoms with Gasteiger partial charge in [0.25, 0.3) is 0 Å². The number of amides is 2. The van der Waals surface area contributed by atoms with Crippen molar-refractivity contribution in [3.05, 3.63) is 36.4 Å². The Morgan fingerprint density at radius 2 is 2.07 bits per heavy atom. The molecule has 2 amide bonds. The topological polar surface area (TPSA) is 96.4 Å². The van der Waals surface area contributed by atoms with Gasteiger partial charge in [-0.2, -0.15) is 4.98 Å². The highest BCUT2D eigenvalue weighted by Crippen LogP contribution is 2.28. The third kappa shape index (κ3) is 3.96. The molecule has 3 aromatic rings. The maximum absolute atomic E-state index is 12.5. The van der Waals surface area contributed by atoms with E-state index < -0.39 is 0 Å². The van der Waals surface area contributed by atoms with Crippen LogP contribution in [0.15, 0.2) is 30.7 Å². The number of anilines is 1. The van der Waals surface area contributed by atoms with Crippen LogP contribution in [0.4, 0.5) is 9.93 Å². The van der Waals surface area contributed by atoms with Crippen LogP contribution in [0, 0.1) is 0 Å². The molecule has 9 nitrogen and oxygen atoms in total. The molecule has 0 atom stereocenters. The molecule has 1 aliphatic rings. The van der Waals surface area contributed by atoms with Gasteiger partial charge in [0.15, 0.2) is 15.5 Å². The number of ether oxygens (including phenoxy) is 1. The number of carbonyl (C=O) groups is 1. The van der Waals surface area contributed by atoms with E-state index in [-0.39, 0.29) is 6.03 Å². The van der Waals surface area contributed by atoms with Gasteiger partial charge in [-0.1, -0.05) is 17.4 Å². The lowest BCUT2D eigenvalue weighted by Crippen LogP contribution is -2.49. The molecule has 3 aromatic heterocycles. The van der Waals surface area contributed by atoms with Crippen molar-refractivity contribution in [1.82, 2.24) is 29.7 Å². The molecule has 1 saturated heterocycles. The smallest absolute Gasteiger partial charge is 0.323 e. The SMILES string of the molecule is COc1ncnc2sc(NC(=O)N3CCN(Cc4ccccn4)CC3)nc12. The van der Waals surface area contributed by atoms with Crippen molar-refractivity contribution in [2.75, 3.05) is 38.6 Å². The summed E-state index contributed by atoms with van der Waals surface area (Å²) in [7, 11) is 1.53. The van der Waals surface area contributed by atoms with Gasteiger partial charge in [0.05, 0.1) is 12.8 Å². The highest BCUT2D eigenvalue weighted by Gasteiger charge is 2.22. The van der Waals surface area contributed by atoms with E-state index in [0.29, 0.717) is 34.4 Å². The highest BCUT2D eigenvalue weighted by atomic mass is 32.1. The minimum Gasteiger partial charge on any atom is -0.479 e. The number of rotatable bonds is 4. The molecule has 0 saturated carbocycles. The van der Waals surface area contributed by atoms with Crippen LogP contribution in [-0.2, 0) is 6.54 Å². The Balaban J connectivity index is 1.34. The van der Waals surface area contributed by atoms with Gasteiger partial charge in [0, 0.05) is 38.9 Å². The number of fused-ring (bicyclic) bond motifs is 1. The minimum atomic E-state index is -0.154. The highest BCUT2D eigenvalue weighted by molar-refractivity contribution is 7.22. The molecule has 0 aliphatic carbocycles. The summed E-state index contributed by atoms with van der Waals surface area (Å²) in [5.74, 6) is 0.403. The first-order valence-electron chi connectivity index (χ1n) is 8.56. The second-order valence-electron chi connectivity index (χ2n) is 6.07. The summed E-state index contributed by atoms with van der Waals surface area (Å²) in [4.78, 5) is 34.2. The molecule has 27 heavy (non-hydrogen) atoms. The third-order valence-electron chi connectivity index (χ3n) is 4.34. The van der Waals surface area contributed by atoms with Crippen LogP contribution in [0.5, 0.6) is 5.88 Å². The van der Waals surface area contributed by atoms with Crippen molar-refractivity contribution < 1.29 is 9.53 Å². The van der Waals surface area contributed by atoms with Crippen LogP contribution in [0.2, 0.25) is 0 Å². The zero-order valence-corrected chi connectivity index (χ0v) is 15.6. The van der Waals surface area contributed by atoms with E-state index in [9.17, 15) is 4.79 Å². The Morgan fingerprint density at radius 1 is 1.22 bits per heavy atom. The molecular weight excluding hydrogens is 366 g/mol. The Kier molecular flexibility index (Phi) is 5.07. The predicted octanol–water partition coefficient (Wildman–Crippen LogP) is 1.84. The van der Waals surface area contributed by atoms with E-state index in [2.05, 4.69) is 30.2 Å². The van der Waals surface area contributed by atoms with E-state index in [1.165, 1.54) is 24.8 Å². The van der Waals surface area contributed by atoms with Gasteiger partial charge in [-0.3, -0.25) is 15.2 Å². The largest absolute Gasteiger partial charge is 0.479 e. The average Bonchev–Trinajstić information content (AvgIpc) is 3.11. The Bertz CT molecular complexity index is 925. The molecule has 1 fully saturated rings. The molecule has 0 bridgehead atoms. The van der Waals surface area contributed by atoms with Crippen molar-refractivity contribution in [3.8, 4) is 5.88 Å². The normalized spacial score (nSPS) is 15.1. The summed E-state index contributed by atoms with van der Waals surface area (Å²) in [6.45, 7) is 3.73. The Hall–Kier alpha value is -2.85. The summed E-state index contributed by atoms with van der Waals surface area (Å²) in [5.41, 5.74) is 1.60. The summed E-state index contributed by atoms with van der Waals surface area (Å²) < 4.78 is 5.18. The molecule has 10 heteroatoms. The number of methoxy groups -OCH3 is 1. The fourth-order valence-electron chi connectivity index (χ4n) is 2.94. The Labute approximate surface area is 160 Å². The van der Waals surface area contributed by atoms with Gasteiger partial charge in [0.1, 0.15) is 6.33 Å². The lowest BCUT2D eigenvalue weighted by Gasteiger charge is -2.34. The van der Waals surface area contributed by atoms with Crippen molar-refractivity contribution >= 4 is 32.8 Å². The van der Waals surface area contributed by atoms with Gasteiger partial charge in [-0.05, 0) is 12.1 Å². The summed E-state index contributed by atoms with van der Waals surface area (Å²) in [6.07, 6.45) is 3.22. The van der Waals surface area contributed by atoms with Crippen LogP contribution in [-0.4, -0.2) is 69.1 Å². The monoisotopic (exact) mass is 385 g/mol. The lowest BCUT2D eigenvalue weighted by atomic mass is 10.3. The maximum atomic E-state index is 12.5. The van der Waals surface area contributed by atoms with E-state index in [1.54, 1.807) is 11.1 Å². The average molecular weight is 385 g/mol. The lowest BCUT2D eigenvalue weighted by molar-refractivity contribution is 0.142. The van der Waals surface area contributed by atoms with Crippen LogP contribution < -0.4 is 10.1 Å². The van der Waals surface area contributed by atoms with Gasteiger partial charge >= 0.3 is 6.03 Å². The molecule has 140 valence electrons. The number of piperazine rings is 1. The van der Waals surface area contributed by atoms with Crippen molar-refractivity contribution in [1.29, 1.82) is 0 Å². The zero-order valence-electron chi connectivity index (χ0n) is 14.8. The van der Waals surface area contributed by atoms with E-state index in [4.69, 9.17) is 4.74 Å². The predicted molar refractivity (Wildman–Crippen MR) is 102 cm³/mol. The first-order valence-corrected chi connectivity index (χ1v) is 9.38. The van der Waals surface area contributed by atoms with E-state index in [0.717, 1.165) is 25.3 Å². The van der Waals surface area contributed by atoms with Crippen LogP contribution >= 0.6 is 11.3 Å². The number of hydrogen-bond donors (Lipinski definition) is 1. The minimum absolute atomic E-state index is 0.154. The second kappa shape index (κ2) is 7.80.